The summed E-state index contributed by atoms with van der Waals surface area (Å²) in [6.45, 7) is 0. The predicted octanol–water partition coefficient (Wildman–Crippen LogP) is 2.45. The fraction of sp³-hybridized carbons (Fsp3) is 0. The summed E-state index contributed by atoms with van der Waals surface area (Å²) in [5.74, 6) is 0.381. The lowest BCUT2D eigenvalue weighted by atomic mass is 10.2. The lowest BCUT2D eigenvalue weighted by molar-refractivity contribution is 0.102. The number of nitrogens with one attached hydrogen (secondary N) is 1. The lowest BCUT2D eigenvalue weighted by Crippen LogP contribution is -2.11. The molecule has 0 spiro atoms. The van der Waals surface area contributed by atoms with Gasteiger partial charge in [0.25, 0.3) is 5.91 Å². The van der Waals surface area contributed by atoms with Crippen LogP contribution in [0, 0.1) is 0 Å². The third-order valence-electron chi connectivity index (χ3n) is 2.32. The second kappa shape index (κ2) is 4.99. The molecule has 6 nitrogen and oxygen atoms in total. The van der Waals surface area contributed by atoms with Crippen LogP contribution in [0.25, 0.3) is 10.8 Å². The van der Waals surface area contributed by atoms with Crippen molar-refractivity contribution < 1.29 is 9.21 Å². The number of nitrogens with zero attached hydrogens (tertiary/aromatic N) is 3. The van der Waals surface area contributed by atoms with E-state index in [0.29, 0.717) is 21.5 Å². The average Bonchev–Trinajstić information content (AvgIpc) is 3.10. The van der Waals surface area contributed by atoms with Gasteiger partial charge in [-0.2, -0.15) is 0 Å². The quantitative estimate of drug-likeness (QED) is 0.792. The molecule has 0 fully saturated rings. The molecule has 0 saturated carbocycles. The van der Waals surface area contributed by atoms with Crippen molar-refractivity contribution in [2.24, 2.45) is 0 Å². The van der Waals surface area contributed by atoms with Gasteiger partial charge in [0, 0.05) is 18.0 Å². The van der Waals surface area contributed by atoms with Crippen LogP contribution in [0.1, 0.15) is 10.4 Å². The highest BCUT2D eigenvalue weighted by molar-refractivity contribution is 7.18. The molecule has 0 aliphatic heterocycles. The molecule has 0 aromatic carbocycles. The molecule has 94 valence electrons. The third kappa shape index (κ3) is 2.50. The van der Waals surface area contributed by atoms with Crippen molar-refractivity contribution >= 4 is 22.4 Å². The summed E-state index contributed by atoms with van der Waals surface area (Å²) in [6.07, 6.45) is 4.68. The summed E-state index contributed by atoms with van der Waals surface area (Å²) >= 11 is 1.25. The monoisotopic (exact) mass is 272 g/mol. The van der Waals surface area contributed by atoms with Crippen molar-refractivity contribution in [1.29, 1.82) is 0 Å². The fourth-order valence-corrected chi connectivity index (χ4v) is 2.15. The number of carbonyl (C=O) groups excluding carboxylic acids is 1. The summed E-state index contributed by atoms with van der Waals surface area (Å²) in [5.41, 5.74) is 0.518. The fourth-order valence-electron chi connectivity index (χ4n) is 1.45. The number of hydrogen-bond donors (Lipinski definition) is 1. The molecule has 7 heteroatoms. The number of hydrogen-bond acceptors (Lipinski definition) is 6. The minimum Gasteiger partial charge on any atom is -0.462 e. The van der Waals surface area contributed by atoms with E-state index in [9.17, 15) is 4.79 Å². The molecule has 19 heavy (non-hydrogen) atoms. The highest BCUT2D eigenvalue weighted by Crippen LogP contribution is 2.26. The first-order valence-electron chi connectivity index (χ1n) is 5.42. The number of carbonyl (C=O) groups is 1. The lowest BCUT2D eigenvalue weighted by Gasteiger charge is -1.99. The first-order chi connectivity index (χ1) is 9.33. The van der Waals surface area contributed by atoms with Crippen LogP contribution >= 0.6 is 11.3 Å². The van der Waals surface area contributed by atoms with E-state index in [4.69, 9.17) is 4.42 Å². The normalized spacial score (nSPS) is 10.3. The SMILES string of the molecule is O=C(Nc1nnc(-c2ccco2)s1)c1ccncc1. The smallest absolute Gasteiger partial charge is 0.257 e. The van der Waals surface area contributed by atoms with Crippen molar-refractivity contribution in [2.75, 3.05) is 5.32 Å². The molecular formula is C12H8N4O2S. The van der Waals surface area contributed by atoms with Gasteiger partial charge in [-0.15, -0.1) is 10.2 Å². The van der Waals surface area contributed by atoms with Crippen LogP contribution in [0.2, 0.25) is 0 Å². The van der Waals surface area contributed by atoms with Crippen molar-refractivity contribution in [2.45, 2.75) is 0 Å². The average molecular weight is 272 g/mol. The Labute approximate surface area is 112 Å². The summed E-state index contributed by atoms with van der Waals surface area (Å²) in [6, 6.07) is 6.81. The van der Waals surface area contributed by atoms with Gasteiger partial charge in [0.1, 0.15) is 0 Å². The Morgan fingerprint density at radius 3 is 2.79 bits per heavy atom. The van der Waals surface area contributed by atoms with E-state index < -0.39 is 0 Å². The molecule has 0 bridgehead atoms. The highest BCUT2D eigenvalue weighted by Gasteiger charge is 2.12. The molecule has 0 aliphatic rings. The Hall–Kier alpha value is -2.54. The molecule has 0 unspecified atom stereocenters. The van der Waals surface area contributed by atoms with E-state index in [0.717, 1.165) is 0 Å². The molecule has 0 saturated heterocycles. The number of pyridine rings is 1. The first kappa shape index (κ1) is 11.5. The predicted molar refractivity (Wildman–Crippen MR) is 69.8 cm³/mol. The van der Waals surface area contributed by atoms with E-state index in [-0.39, 0.29) is 5.91 Å². The number of anilines is 1. The largest absolute Gasteiger partial charge is 0.462 e. The van der Waals surface area contributed by atoms with Gasteiger partial charge >= 0.3 is 0 Å². The Bertz CT molecular complexity index is 679. The molecule has 3 rings (SSSR count). The second-order valence-corrected chi connectivity index (χ2v) is 4.56. The molecular weight excluding hydrogens is 264 g/mol. The molecule has 0 atom stereocenters. The summed E-state index contributed by atoms with van der Waals surface area (Å²) < 4.78 is 5.21. The van der Waals surface area contributed by atoms with Gasteiger partial charge in [0.15, 0.2) is 10.8 Å². The maximum atomic E-state index is 11.9. The van der Waals surface area contributed by atoms with Crippen LogP contribution in [0.15, 0.2) is 47.3 Å². The van der Waals surface area contributed by atoms with Gasteiger partial charge in [0.2, 0.25) is 5.13 Å². The Balaban J connectivity index is 1.76. The van der Waals surface area contributed by atoms with Crippen LogP contribution in [0.4, 0.5) is 5.13 Å². The Morgan fingerprint density at radius 1 is 1.21 bits per heavy atom. The number of rotatable bonds is 3. The van der Waals surface area contributed by atoms with E-state index in [1.54, 1.807) is 42.9 Å². The minimum atomic E-state index is -0.246. The highest BCUT2D eigenvalue weighted by atomic mass is 32.1. The molecule has 1 N–H and O–H groups in total. The summed E-state index contributed by atoms with van der Waals surface area (Å²) in [5, 5.41) is 11.6. The van der Waals surface area contributed by atoms with E-state index >= 15 is 0 Å². The third-order valence-corrected chi connectivity index (χ3v) is 3.17. The first-order valence-corrected chi connectivity index (χ1v) is 6.23. The van der Waals surface area contributed by atoms with Crippen molar-refractivity contribution in [3.8, 4) is 10.8 Å². The molecule has 3 aromatic rings. The van der Waals surface area contributed by atoms with Gasteiger partial charge < -0.3 is 4.42 Å². The van der Waals surface area contributed by atoms with Gasteiger partial charge in [-0.25, -0.2) is 0 Å². The van der Waals surface area contributed by atoms with Crippen LogP contribution < -0.4 is 5.32 Å². The topological polar surface area (TPSA) is 80.9 Å². The zero-order chi connectivity index (χ0) is 13.1. The van der Waals surface area contributed by atoms with Crippen molar-refractivity contribution in [3.63, 3.8) is 0 Å². The molecule has 0 aliphatic carbocycles. The molecule has 1 amide bonds. The molecule has 3 aromatic heterocycles. The molecule has 0 radical (unpaired) electrons. The minimum absolute atomic E-state index is 0.246. The van der Waals surface area contributed by atoms with Crippen LogP contribution in [-0.4, -0.2) is 21.1 Å². The zero-order valence-electron chi connectivity index (χ0n) is 9.61. The van der Waals surface area contributed by atoms with Gasteiger partial charge in [0.05, 0.1) is 6.26 Å². The van der Waals surface area contributed by atoms with Gasteiger partial charge in [-0.1, -0.05) is 11.3 Å². The maximum absolute atomic E-state index is 11.9. The van der Waals surface area contributed by atoms with Crippen LogP contribution in [0.5, 0.6) is 0 Å². The van der Waals surface area contributed by atoms with Crippen molar-refractivity contribution in [3.05, 3.63) is 48.5 Å². The van der Waals surface area contributed by atoms with Crippen LogP contribution in [-0.2, 0) is 0 Å². The number of amides is 1. The molecule has 3 heterocycles. The maximum Gasteiger partial charge on any atom is 0.257 e. The number of aromatic nitrogens is 3. The van der Waals surface area contributed by atoms with Crippen molar-refractivity contribution in [1.82, 2.24) is 15.2 Å². The van der Waals surface area contributed by atoms with E-state index in [1.165, 1.54) is 11.3 Å². The summed E-state index contributed by atoms with van der Waals surface area (Å²) in [7, 11) is 0. The zero-order valence-corrected chi connectivity index (χ0v) is 10.4. The number of furan rings is 1. The van der Waals surface area contributed by atoms with Gasteiger partial charge in [-0.3, -0.25) is 15.1 Å². The van der Waals surface area contributed by atoms with Gasteiger partial charge in [-0.05, 0) is 24.3 Å². The second-order valence-electron chi connectivity index (χ2n) is 3.58. The Morgan fingerprint density at radius 2 is 2.05 bits per heavy atom. The standard InChI is InChI=1S/C12H8N4O2S/c17-10(8-3-5-13-6-4-8)14-12-16-15-11(19-12)9-2-1-7-18-9/h1-7H,(H,14,16,17). The summed E-state index contributed by atoms with van der Waals surface area (Å²) in [4.78, 5) is 15.7. The van der Waals surface area contributed by atoms with E-state index in [1.807, 2.05) is 0 Å². The van der Waals surface area contributed by atoms with E-state index in [2.05, 4.69) is 20.5 Å². The Kier molecular flexibility index (Phi) is 3.03. The van der Waals surface area contributed by atoms with Crippen LogP contribution in [0.3, 0.4) is 0 Å².